The van der Waals surface area contributed by atoms with Crippen molar-refractivity contribution in [1.29, 1.82) is 0 Å². The lowest BCUT2D eigenvalue weighted by Gasteiger charge is -2.26. The number of likely N-dealkylation sites (tertiary alicyclic amines) is 1. The molecule has 0 bridgehead atoms. The van der Waals surface area contributed by atoms with Crippen molar-refractivity contribution in [1.82, 2.24) is 14.7 Å². The fourth-order valence-electron chi connectivity index (χ4n) is 4.09. The van der Waals surface area contributed by atoms with Gasteiger partial charge in [-0.1, -0.05) is 18.2 Å². The molecule has 0 amide bonds. The van der Waals surface area contributed by atoms with Gasteiger partial charge in [-0.25, -0.2) is 4.68 Å². The van der Waals surface area contributed by atoms with Crippen molar-refractivity contribution in [3.63, 3.8) is 0 Å². The van der Waals surface area contributed by atoms with E-state index in [1.165, 1.54) is 24.0 Å². The molecule has 0 saturated carbocycles. The molecule has 0 radical (unpaired) electrons. The summed E-state index contributed by atoms with van der Waals surface area (Å²) in [5, 5.41) is 4.34. The summed E-state index contributed by atoms with van der Waals surface area (Å²) in [6.45, 7) is 3.33. The second kappa shape index (κ2) is 7.60. The van der Waals surface area contributed by atoms with Crippen LogP contribution in [-0.2, 0) is 6.54 Å². The van der Waals surface area contributed by atoms with E-state index in [4.69, 9.17) is 9.47 Å². The average molecular weight is 440 g/mol. The van der Waals surface area contributed by atoms with Gasteiger partial charge >= 0.3 is 0 Å². The Morgan fingerprint density at radius 3 is 2.64 bits per heavy atom. The monoisotopic (exact) mass is 439 g/mol. The highest BCUT2D eigenvalue weighted by Crippen LogP contribution is 2.38. The van der Waals surface area contributed by atoms with Crippen LogP contribution in [0.4, 0.5) is 0 Å². The molecule has 2 aliphatic heterocycles. The Kier molecular flexibility index (Phi) is 4.82. The molecule has 1 aromatic heterocycles. The Balaban J connectivity index is 1.32. The Hall–Kier alpha value is -2.31. The normalized spacial score (nSPS) is 19.1. The minimum absolute atomic E-state index is 0.428. The first-order valence-corrected chi connectivity index (χ1v) is 10.5. The Morgan fingerprint density at radius 1 is 1.04 bits per heavy atom. The first-order valence-electron chi connectivity index (χ1n) is 9.69. The van der Waals surface area contributed by atoms with Crippen LogP contribution in [0.1, 0.15) is 30.0 Å². The van der Waals surface area contributed by atoms with Gasteiger partial charge in [0.2, 0.25) is 0 Å². The van der Waals surface area contributed by atoms with Gasteiger partial charge in [-0.05, 0) is 70.7 Å². The van der Waals surface area contributed by atoms with Crippen molar-refractivity contribution < 1.29 is 9.47 Å². The maximum absolute atomic E-state index is 5.78. The van der Waals surface area contributed by atoms with Gasteiger partial charge in [0.15, 0.2) is 11.5 Å². The van der Waals surface area contributed by atoms with Crippen LogP contribution in [0.25, 0.3) is 5.69 Å². The smallest absolute Gasteiger partial charge is 0.161 e. The number of halogens is 1. The van der Waals surface area contributed by atoms with E-state index in [1.807, 2.05) is 10.9 Å². The summed E-state index contributed by atoms with van der Waals surface area (Å²) >= 11 is 3.45. The second-order valence-corrected chi connectivity index (χ2v) is 8.22. The molecule has 0 N–H and O–H groups in total. The number of ether oxygens (including phenoxy) is 2. The molecule has 5 nitrogen and oxygen atoms in total. The molecule has 0 aliphatic carbocycles. The molecule has 28 heavy (non-hydrogen) atoms. The molecule has 1 atom stereocenters. The number of fused-ring (bicyclic) bond motifs is 1. The van der Waals surface area contributed by atoms with Gasteiger partial charge in [0.05, 0.1) is 16.4 Å². The van der Waals surface area contributed by atoms with Crippen LogP contribution in [-0.4, -0.2) is 34.4 Å². The molecule has 144 valence electrons. The molecule has 1 fully saturated rings. The minimum atomic E-state index is 0.428. The molecule has 5 rings (SSSR count). The number of benzene rings is 2. The highest BCUT2D eigenvalue weighted by atomic mass is 79.9. The molecule has 3 aromatic rings. The van der Waals surface area contributed by atoms with Crippen LogP contribution in [0, 0.1) is 0 Å². The maximum atomic E-state index is 5.78. The summed E-state index contributed by atoms with van der Waals surface area (Å²) in [5.74, 6) is 1.74. The molecule has 2 aromatic carbocycles. The zero-order chi connectivity index (χ0) is 18.9. The van der Waals surface area contributed by atoms with E-state index in [0.29, 0.717) is 19.3 Å². The zero-order valence-corrected chi connectivity index (χ0v) is 17.1. The highest BCUT2D eigenvalue weighted by Gasteiger charge is 2.27. The van der Waals surface area contributed by atoms with Crippen molar-refractivity contribution in [3.8, 4) is 17.2 Å². The van der Waals surface area contributed by atoms with E-state index >= 15 is 0 Å². The van der Waals surface area contributed by atoms with E-state index in [0.717, 1.165) is 34.7 Å². The van der Waals surface area contributed by atoms with Crippen LogP contribution >= 0.6 is 15.9 Å². The summed E-state index contributed by atoms with van der Waals surface area (Å²) in [7, 11) is 0. The molecular formula is C22H22BrN3O2. The quantitative estimate of drug-likeness (QED) is 0.588. The van der Waals surface area contributed by atoms with Crippen molar-refractivity contribution in [3.05, 3.63) is 70.5 Å². The second-order valence-electron chi connectivity index (χ2n) is 7.30. The number of rotatable bonds is 4. The average Bonchev–Trinajstić information content (AvgIpc) is 3.37. The standard InChI is InChI=1S/C22H22BrN3O2/c23-18-13-24-26(15-18)19-6-3-16(4-7-19)14-25-9-1-2-20(25)17-5-8-21-22(12-17)28-11-10-27-21/h3-8,12-13,15,20H,1-2,9-11,14H2/t20-/m1/s1. The third-order valence-electron chi connectivity index (χ3n) is 5.45. The van der Waals surface area contributed by atoms with Crippen LogP contribution in [0.5, 0.6) is 11.5 Å². The van der Waals surface area contributed by atoms with Crippen molar-refractivity contribution >= 4 is 15.9 Å². The lowest BCUT2D eigenvalue weighted by Crippen LogP contribution is -2.23. The van der Waals surface area contributed by atoms with Gasteiger partial charge in [-0.2, -0.15) is 5.10 Å². The van der Waals surface area contributed by atoms with Crippen LogP contribution in [0.3, 0.4) is 0 Å². The topological polar surface area (TPSA) is 39.5 Å². The predicted octanol–water partition coefficient (Wildman–Crippen LogP) is 4.74. The predicted molar refractivity (Wildman–Crippen MR) is 111 cm³/mol. The van der Waals surface area contributed by atoms with E-state index in [1.54, 1.807) is 6.20 Å². The molecule has 6 heteroatoms. The number of hydrogen-bond acceptors (Lipinski definition) is 4. The minimum Gasteiger partial charge on any atom is -0.486 e. The summed E-state index contributed by atoms with van der Waals surface area (Å²) in [5.41, 5.74) is 3.71. The maximum Gasteiger partial charge on any atom is 0.161 e. The van der Waals surface area contributed by atoms with Gasteiger partial charge in [-0.15, -0.1) is 0 Å². The van der Waals surface area contributed by atoms with Crippen LogP contribution < -0.4 is 9.47 Å². The lowest BCUT2D eigenvalue weighted by atomic mass is 10.0. The fraction of sp³-hybridized carbons (Fsp3) is 0.318. The Morgan fingerprint density at radius 2 is 1.86 bits per heavy atom. The van der Waals surface area contributed by atoms with E-state index in [2.05, 4.69) is 68.4 Å². The summed E-state index contributed by atoms with van der Waals surface area (Å²) in [6, 6.07) is 15.5. The fourth-order valence-corrected chi connectivity index (χ4v) is 4.38. The van der Waals surface area contributed by atoms with E-state index in [-0.39, 0.29) is 0 Å². The van der Waals surface area contributed by atoms with Crippen molar-refractivity contribution in [2.45, 2.75) is 25.4 Å². The number of hydrogen-bond donors (Lipinski definition) is 0. The van der Waals surface area contributed by atoms with E-state index < -0.39 is 0 Å². The summed E-state index contributed by atoms with van der Waals surface area (Å²) in [6.07, 6.45) is 6.17. The third kappa shape index (κ3) is 3.54. The van der Waals surface area contributed by atoms with Gasteiger partial charge in [-0.3, -0.25) is 4.90 Å². The first-order chi connectivity index (χ1) is 13.8. The molecule has 1 saturated heterocycles. The number of aromatic nitrogens is 2. The van der Waals surface area contributed by atoms with Crippen molar-refractivity contribution in [2.24, 2.45) is 0 Å². The molecule has 0 unspecified atom stereocenters. The molecular weight excluding hydrogens is 418 g/mol. The van der Waals surface area contributed by atoms with Gasteiger partial charge in [0.25, 0.3) is 0 Å². The Labute approximate surface area is 173 Å². The SMILES string of the molecule is Brc1cnn(-c2ccc(CN3CCC[C@@H]3c3ccc4c(c3)OCCO4)cc2)c1. The summed E-state index contributed by atoms with van der Waals surface area (Å²) in [4.78, 5) is 2.56. The largest absolute Gasteiger partial charge is 0.486 e. The lowest BCUT2D eigenvalue weighted by molar-refractivity contribution is 0.170. The molecule has 3 heterocycles. The zero-order valence-electron chi connectivity index (χ0n) is 15.6. The van der Waals surface area contributed by atoms with Crippen LogP contribution in [0.15, 0.2) is 59.3 Å². The van der Waals surface area contributed by atoms with Gasteiger partial charge < -0.3 is 9.47 Å². The summed E-state index contributed by atoms with van der Waals surface area (Å²) < 4.78 is 14.3. The van der Waals surface area contributed by atoms with E-state index in [9.17, 15) is 0 Å². The first kappa shape index (κ1) is 17.8. The van der Waals surface area contributed by atoms with Crippen molar-refractivity contribution in [2.75, 3.05) is 19.8 Å². The Bertz CT molecular complexity index is 970. The van der Waals surface area contributed by atoms with Gasteiger partial charge in [0, 0.05) is 18.8 Å². The van der Waals surface area contributed by atoms with Crippen LogP contribution in [0.2, 0.25) is 0 Å². The molecule has 2 aliphatic rings. The third-order valence-corrected chi connectivity index (χ3v) is 5.86. The van der Waals surface area contributed by atoms with Gasteiger partial charge in [0.1, 0.15) is 13.2 Å². The number of nitrogens with zero attached hydrogens (tertiary/aromatic N) is 3. The highest BCUT2D eigenvalue weighted by molar-refractivity contribution is 9.10. The molecule has 0 spiro atoms.